The number of furan rings is 1. The number of hydrogen-bond acceptors (Lipinski definition) is 3. The van der Waals surface area contributed by atoms with Crippen molar-refractivity contribution in [3.63, 3.8) is 0 Å². The summed E-state index contributed by atoms with van der Waals surface area (Å²) in [5.74, 6) is 0.614. The molecule has 0 amide bonds. The molecule has 0 aliphatic carbocycles. The van der Waals surface area contributed by atoms with Crippen molar-refractivity contribution in [2.24, 2.45) is 0 Å². The summed E-state index contributed by atoms with van der Waals surface area (Å²) in [5, 5.41) is 5.74. The predicted octanol–water partition coefficient (Wildman–Crippen LogP) is 11.6. The van der Waals surface area contributed by atoms with Gasteiger partial charge in [0.05, 0.1) is 11.0 Å². The zero-order valence-electron chi connectivity index (χ0n) is 25.8. The Labute approximate surface area is 276 Å². The zero-order valence-corrected chi connectivity index (χ0v) is 25.8. The molecule has 4 nitrogen and oxygen atoms in total. The Morgan fingerprint density at radius 1 is 0.458 bits per heavy atom. The van der Waals surface area contributed by atoms with Crippen LogP contribution in [0, 0.1) is 0 Å². The van der Waals surface area contributed by atoms with Gasteiger partial charge in [0.25, 0.3) is 0 Å². The van der Waals surface area contributed by atoms with E-state index >= 15 is 0 Å². The Kier molecular flexibility index (Phi) is 5.84. The van der Waals surface area contributed by atoms with Crippen molar-refractivity contribution in [1.29, 1.82) is 0 Å². The minimum absolute atomic E-state index is 0.614. The van der Waals surface area contributed by atoms with Crippen molar-refractivity contribution in [3.05, 3.63) is 164 Å². The second-order valence-corrected chi connectivity index (χ2v) is 12.2. The van der Waals surface area contributed by atoms with Gasteiger partial charge in [-0.05, 0) is 63.4 Å². The summed E-state index contributed by atoms with van der Waals surface area (Å²) in [4.78, 5) is 10.5. The summed E-state index contributed by atoms with van der Waals surface area (Å²) in [6, 6.07) is 57.4. The molecule has 0 unspecified atom stereocenters. The van der Waals surface area contributed by atoms with Gasteiger partial charge in [-0.2, -0.15) is 0 Å². The van der Waals surface area contributed by atoms with E-state index in [1.165, 1.54) is 38.2 Å². The molecule has 0 N–H and O–H groups in total. The van der Waals surface area contributed by atoms with E-state index in [2.05, 4.69) is 150 Å². The molecule has 4 heteroatoms. The molecule has 0 radical (unpaired) electrons. The average Bonchev–Trinajstić information content (AvgIpc) is 3.70. The van der Waals surface area contributed by atoms with Gasteiger partial charge in [-0.3, -0.25) is 4.57 Å². The molecule has 10 aromatic rings. The van der Waals surface area contributed by atoms with Gasteiger partial charge in [0.2, 0.25) is 5.95 Å². The first-order valence-corrected chi connectivity index (χ1v) is 16.2. The van der Waals surface area contributed by atoms with Crippen molar-refractivity contribution in [3.8, 4) is 39.5 Å². The molecule has 3 aromatic heterocycles. The van der Waals surface area contributed by atoms with E-state index in [4.69, 9.17) is 14.4 Å². The van der Waals surface area contributed by atoms with E-state index in [1.54, 1.807) is 0 Å². The number of para-hydroxylation sites is 3. The van der Waals surface area contributed by atoms with E-state index in [-0.39, 0.29) is 0 Å². The Morgan fingerprint density at radius 3 is 1.79 bits per heavy atom. The summed E-state index contributed by atoms with van der Waals surface area (Å²) in [6.45, 7) is 0. The highest BCUT2D eigenvalue weighted by atomic mass is 16.3. The van der Waals surface area contributed by atoms with Crippen LogP contribution in [0.15, 0.2) is 168 Å². The molecule has 3 heterocycles. The van der Waals surface area contributed by atoms with Crippen LogP contribution < -0.4 is 0 Å². The van der Waals surface area contributed by atoms with E-state index < -0.39 is 0 Å². The number of benzene rings is 7. The standard InChI is InChI=1S/C44H27N3O/c1-2-13-28(14-3-1)32-22-11-15-29-16-12-23-33(40(29)32)30-17-10-18-31(27-30)41-43-42(36-21-6-9-26-39(36)48-43)46-44(45-41)47-37-24-7-4-19-34(37)35-20-5-8-25-38(35)47/h1-27H. The molecular formula is C44H27N3O. The number of hydrogen-bond donors (Lipinski definition) is 0. The molecule has 0 fully saturated rings. The first-order chi connectivity index (χ1) is 23.8. The molecule has 10 rings (SSSR count). The molecule has 0 saturated carbocycles. The Hall–Kier alpha value is -6.52. The number of nitrogens with zero attached hydrogens (tertiary/aromatic N) is 3. The van der Waals surface area contributed by atoms with E-state index in [1.807, 2.05) is 18.2 Å². The van der Waals surface area contributed by atoms with Crippen molar-refractivity contribution in [1.82, 2.24) is 14.5 Å². The number of rotatable bonds is 4. The summed E-state index contributed by atoms with van der Waals surface area (Å²) in [7, 11) is 0. The van der Waals surface area contributed by atoms with Gasteiger partial charge in [-0.1, -0.05) is 133 Å². The summed E-state index contributed by atoms with van der Waals surface area (Å²) in [6.07, 6.45) is 0. The molecule has 0 atom stereocenters. The van der Waals surface area contributed by atoms with Crippen LogP contribution in [0.25, 0.3) is 94.1 Å². The van der Waals surface area contributed by atoms with Crippen LogP contribution in [0.1, 0.15) is 0 Å². The smallest absolute Gasteiger partial charge is 0.236 e. The van der Waals surface area contributed by atoms with Crippen molar-refractivity contribution >= 4 is 54.6 Å². The first kappa shape index (κ1) is 26.7. The van der Waals surface area contributed by atoms with Gasteiger partial charge in [0, 0.05) is 21.7 Å². The van der Waals surface area contributed by atoms with Crippen molar-refractivity contribution in [2.75, 3.05) is 0 Å². The van der Waals surface area contributed by atoms with Crippen LogP contribution in [0.3, 0.4) is 0 Å². The van der Waals surface area contributed by atoms with Gasteiger partial charge < -0.3 is 4.42 Å². The van der Waals surface area contributed by atoms with Crippen molar-refractivity contribution < 1.29 is 4.42 Å². The molecule has 0 spiro atoms. The molecule has 0 aliphatic heterocycles. The SMILES string of the molecule is c1ccc(-c2cccc3cccc(-c4cccc(-c5nc(-n6c7ccccc7c7ccccc76)nc6c5oc5ccccc56)c4)c23)cc1. The molecule has 0 bridgehead atoms. The van der Waals surface area contributed by atoms with Crippen LogP contribution in [-0.2, 0) is 0 Å². The highest BCUT2D eigenvalue weighted by molar-refractivity contribution is 6.11. The average molecular weight is 614 g/mol. The Balaban J connectivity index is 1.25. The fourth-order valence-electron chi connectivity index (χ4n) is 7.29. The molecule has 48 heavy (non-hydrogen) atoms. The van der Waals surface area contributed by atoms with Crippen LogP contribution in [0.5, 0.6) is 0 Å². The fourth-order valence-corrected chi connectivity index (χ4v) is 7.29. The van der Waals surface area contributed by atoms with E-state index in [9.17, 15) is 0 Å². The van der Waals surface area contributed by atoms with Gasteiger partial charge in [-0.25, -0.2) is 9.97 Å². The third-order valence-electron chi connectivity index (χ3n) is 9.42. The minimum Gasteiger partial charge on any atom is -0.452 e. The Bertz CT molecular complexity index is 2790. The van der Waals surface area contributed by atoms with Crippen LogP contribution in [0.2, 0.25) is 0 Å². The molecule has 224 valence electrons. The maximum atomic E-state index is 6.54. The van der Waals surface area contributed by atoms with Crippen LogP contribution >= 0.6 is 0 Å². The zero-order chi connectivity index (χ0) is 31.6. The van der Waals surface area contributed by atoms with E-state index in [0.717, 1.165) is 44.3 Å². The molecule has 0 aliphatic rings. The fraction of sp³-hybridized carbons (Fsp3) is 0. The quantitative estimate of drug-likeness (QED) is 0.198. The second-order valence-electron chi connectivity index (χ2n) is 12.2. The number of fused-ring (bicyclic) bond motifs is 7. The minimum atomic E-state index is 0.614. The van der Waals surface area contributed by atoms with Gasteiger partial charge in [-0.15, -0.1) is 0 Å². The summed E-state index contributed by atoms with van der Waals surface area (Å²) < 4.78 is 8.72. The summed E-state index contributed by atoms with van der Waals surface area (Å²) in [5.41, 5.74) is 10.8. The molecule has 0 saturated heterocycles. The lowest BCUT2D eigenvalue weighted by Gasteiger charge is -2.14. The first-order valence-electron chi connectivity index (χ1n) is 16.2. The lowest BCUT2D eigenvalue weighted by atomic mass is 9.91. The normalized spacial score (nSPS) is 11.8. The van der Waals surface area contributed by atoms with E-state index in [0.29, 0.717) is 11.5 Å². The Morgan fingerprint density at radius 2 is 1.04 bits per heavy atom. The summed E-state index contributed by atoms with van der Waals surface area (Å²) >= 11 is 0. The van der Waals surface area contributed by atoms with Gasteiger partial charge in [0.1, 0.15) is 16.8 Å². The molecular weight excluding hydrogens is 587 g/mol. The second kappa shape index (κ2) is 10.5. The van der Waals surface area contributed by atoms with Crippen LogP contribution in [-0.4, -0.2) is 14.5 Å². The lowest BCUT2D eigenvalue weighted by Crippen LogP contribution is -2.02. The lowest BCUT2D eigenvalue weighted by molar-refractivity contribution is 0.666. The number of aromatic nitrogens is 3. The monoisotopic (exact) mass is 613 g/mol. The molecule has 7 aromatic carbocycles. The van der Waals surface area contributed by atoms with Crippen molar-refractivity contribution in [2.45, 2.75) is 0 Å². The highest BCUT2D eigenvalue weighted by Gasteiger charge is 2.21. The van der Waals surface area contributed by atoms with Gasteiger partial charge in [0.15, 0.2) is 5.58 Å². The van der Waals surface area contributed by atoms with Crippen LogP contribution in [0.4, 0.5) is 0 Å². The third kappa shape index (κ3) is 4.03. The topological polar surface area (TPSA) is 43.9 Å². The third-order valence-corrected chi connectivity index (χ3v) is 9.42. The maximum absolute atomic E-state index is 6.54. The van der Waals surface area contributed by atoms with Gasteiger partial charge >= 0.3 is 0 Å². The highest BCUT2D eigenvalue weighted by Crippen LogP contribution is 2.40. The maximum Gasteiger partial charge on any atom is 0.236 e. The largest absolute Gasteiger partial charge is 0.452 e. The predicted molar refractivity (Wildman–Crippen MR) is 197 cm³/mol.